The van der Waals surface area contributed by atoms with E-state index in [4.69, 9.17) is 4.74 Å². The van der Waals surface area contributed by atoms with Crippen molar-refractivity contribution in [2.75, 3.05) is 7.11 Å². The average Bonchev–Trinajstić information content (AvgIpc) is 2.36. The molecule has 2 heteroatoms. The molecule has 1 nitrogen and oxygen atoms in total. The third-order valence-corrected chi connectivity index (χ3v) is 6.27. The molecule has 0 radical (unpaired) electrons. The number of benzene rings is 1. The van der Waals surface area contributed by atoms with Crippen molar-refractivity contribution in [1.82, 2.24) is 0 Å². The van der Waals surface area contributed by atoms with Gasteiger partial charge in [0.15, 0.2) is 0 Å². The minimum atomic E-state index is 0.431. The summed E-state index contributed by atoms with van der Waals surface area (Å²) in [6.07, 6.45) is 8.69. The Hall–Kier alpha value is -0.500. The lowest BCUT2D eigenvalue weighted by Crippen LogP contribution is -2.48. The Labute approximate surface area is 123 Å². The highest BCUT2D eigenvalue weighted by Gasteiger charge is 2.52. The van der Waals surface area contributed by atoms with Crippen molar-refractivity contribution in [2.45, 2.75) is 43.9 Å². The first kappa shape index (κ1) is 12.3. The van der Waals surface area contributed by atoms with Crippen LogP contribution < -0.4 is 4.74 Å². The number of hydrogen-bond acceptors (Lipinski definition) is 1. The van der Waals surface area contributed by atoms with E-state index in [-0.39, 0.29) is 0 Å². The van der Waals surface area contributed by atoms with Crippen molar-refractivity contribution in [2.24, 2.45) is 17.8 Å². The molecule has 4 bridgehead atoms. The molecule has 0 atom stereocenters. The van der Waals surface area contributed by atoms with Gasteiger partial charge < -0.3 is 4.74 Å². The zero-order valence-corrected chi connectivity index (χ0v) is 13.1. The van der Waals surface area contributed by atoms with Gasteiger partial charge in [0, 0.05) is 10.0 Å². The Kier molecular flexibility index (Phi) is 2.74. The SMILES string of the molecule is COc1cc(Br)ccc1C12CC3CC(CC(C3)C1)C2. The van der Waals surface area contributed by atoms with Gasteiger partial charge in [0.2, 0.25) is 0 Å². The van der Waals surface area contributed by atoms with Gasteiger partial charge in [-0.3, -0.25) is 0 Å². The van der Waals surface area contributed by atoms with Crippen molar-refractivity contribution < 1.29 is 4.74 Å². The Morgan fingerprint density at radius 2 is 1.63 bits per heavy atom. The van der Waals surface area contributed by atoms with E-state index in [0.29, 0.717) is 5.41 Å². The van der Waals surface area contributed by atoms with E-state index in [1.54, 1.807) is 0 Å². The highest BCUT2D eigenvalue weighted by Crippen LogP contribution is 2.61. The summed E-state index contributed by atoms with van der Waals surface area (Å²) in [5, 5.41) is 0. The Bertz CT molecular complexity index is 473. The minimum Gasteiger partial charge on any atom is -0.496 e. The van der Waals surface area contributed by atoms with Crippen molar-refractivity contribution in [3.63, 3.8) is 0 Å². The van der Waals surface area contributed by atoms with Crippen LogP contribution in [0.4, 0.5) is 0 Å². The maximum Gasteiger partial charge on any atom is 0.123 e. The zero-order chi connectivity index (χ0) is 13.0. The Balaban J connectivity index is 1.79. The topological polar surface area (TPSA) is 9.23 Å². The molecule has 0 heterocycles. The lowest BCUT2D eigenvalue weighted by Gasteiger charge is -2.57. The predicted molar refractivity (Wildman–Crippen MR) is 80.5 cm³/mol. The summed E-state index contributed by atoms with van der Waals surface area (Å²) in [6.45, 7) is 0. The summed E-state index contributed by atoms with van der Waals surface area (Å²) < 4.78 is 6.81. The second-order valence-electron chi connectivity index (χ2n) is 7.04. The van der Waals surface area contributed by atoms with Crippen molar-refractivity contribution in [3.05, 3.63) is 28.2 Å². The third-order valence-electron chi connectivity index (χ3n) is 5.77. The van der Waals surface area contributed by atoms with Gasteiger partial charge in [-0.25, -0.2) is 0 Å². The molecule has 4 saturated carbocycles. The quantitative estimate of drug-likeness (QED) is 0.751. The molecule has 4 aliphatic carbocycles. The molecule has 0 N–H and O–H groups in total. The molecule has 1 aromatic rings. The standard InChI is InChI=1S/C17H21BrO/c1-19-16-7-14(18)2-3-15(16)17-8-11-4-12(9-17)6-13(5-11)10-17/h2-3,7,11-13H,4-6,8-10H2,1H3. The molecule has 4 fully saturated rings. The van der Waals surface area contributed by atoms with Crippen LogP contribution in [0, 0.1) is 17.8 Å². The highest BCUT2D eigenvalue weighted by molar-refractivity contribution is 9.10. The summed E-state index contributed by atoms with van der Waals surface area (Å²) in [5.41, 5.74) is 1.91. The summed E-state index contributed by atoms with van der Waals surface area (Å²) in [7, 11) is 1.81. The van der Waals surface area contributed by atoms with Gasteiger partial charge >= 0.3 is 0 Å². The smallest absolute Gasteiger partial charge is 0.123 e. The van der Waals surface area contributed by atoms with E-state index < -0.39 is 0 Å². The van der Waals surface area contributed by atoms with Crippen LogP contribution in [0.3, 0.4) is 0 Å². The van der Waals surface area contributed by atoms with Gasteiger partial charge in [-0.1, -0.05) is 22.0 Å². The van der Waals surface area contributed by atoms with Crippen LogP contribution in [-0.2, 0) is 5.41 Å². The minimum absolute atomic E-state index is 0.431. The number of ether oxygens (including phenoxy) is 1. The number of rotatable bonds is 2. The van der Waals surface area contributed by atoms with Crippen LogP contribution in [0.1, 0.15) is 44.1 Å². The molecule has 0 spiro atoms. The zero-order valence-electron chi connectivity index (χ0n) is 11.5. The monoisotopic (exact) mass is 320 g/mol. The first-order valence-electron chi connectivity index (χ1n) is 7.52. The fraction of sp³-hybridized carbons (Fsp3) is 0.647. The summed E-state index contributed by atoms with van der Waals surface area (Å²) in [4.78, 5) is 0. The fourth-order valence-corrected chi connectivity index (χ4v) is 5.88. The van der Waals surface area contributed by atoms with Crippen LogP contribution in [-0.4, -0.2) is 7.11 Å². The van der Waals surface area contributed by atoms with Crippen LogP contribution in [0.2, 0.25) is 0 Å². The number of hydrogen-bond donors (Lipinski definition) is 0. The van der Waals surface area contributed by atoms with Crippen LogP contribution in [0.25, 0.3) is 0 Å². The largest absolute Gasteiger partial charge is 0.496 e. The summed E-state index contributed by atoms with van der Waals surface area (Å²) >= 11 is 3.57. The molecular weight excluding hydrogens is 300 g/mol. The molecule has 19 heavy (non-hydrogen) atoms. The lowest BCUT2D eigenvalue weighted by atomic mass is 9.48. The van der Waals surface area contributed by atoms with Crippen molar-refractivity contribution >= 4 is 15.9 Å². The van der Waals surface area contributed by atoms with E-state index in [1.165, 1.54) is 44.1 Å². The molecule has 0 aromatic heterocycles. The van der Waals surface area contributed by atoms with E-state index >= 15 is 0 Å². The van der Waals surface area contributed by atoms with Gasteiger partial charge in [-0.2, -0.15) is 0 Å². The second kappa shape index (κ2) is 4.25. The molecule has 0 aliphatic heterocycles. The maximum atomic E-state index is 5.69. The van der Waals surface area contributed by atoms with Gasteiger partial charge in [0.25, 0.3) is 0 Å². The molecule has 0 saturated heterocycles. The molecule has 0 amide bonds. The highest BCUT2D eigenvalue weighted by atomic mass is 79.9. The molecule has 102 valence electrons. The molecular formula is C17H21BrO. The van der Waals surface area contributed by atoms with E-state index in [2.05, 4.69) is 34.1 Å². The first-order valence-corrected chi connectivity index (χ1v) is 8.32. The summed E-state index contributed by atoms with van der Waals surface area (Å²) in [6, 6.07) is 6.65. The van der Waals surface area contributed by atoms with E-state index in [0.717, 1.165) is 28.0 Å². The van der Waals surface area contributed by atoms with Crippen molar-refractivity contribution in [3.8, 4) is 5.75 Å². The Morgan fingerprint density at radius 1 is 1.05 bits per heavy atom. The molecule has 1 aromatic carbocycles. The van der Waals surface area contributed by atoms with Crippen LogP contribution in [0.15, 0.2) is 22.7 Å². The Morgan fingerprint density at radius 3 is 2.16 bits per heavy atom. The number of methoxy groups -OCH3 is 1. The average molecular weight is 321 g/mol. The fourth-order valence-electron chi connectivity index (χ4n) is 5.54. The van der Waals surface area contributed by atoms with Crippen molar-refractivity contribution in [1.29, 1.82) is 0 Å². The normalized spacial score (nSPS) is 39.6. The molecule has 4 aliphatic rings. The third kappa shape index (κ3) is 1.86. The summed E-state index contributed by atoms with van der Waals surface area (Å²) in [5.74, 6) is 4.05. The lowest BCUT2D eigenvalue weighted by molar-refractivity contribution is -0.00616. The first-order chi connectivity index (χ1) is 9.18. The van der Waals surface area contributed by atoms with E-state index in [9.17, 15) is 0 Å². The maximum absolute atomic E-state index is 5.69. The van der Waals surface area contributed by atoms with Gasteiger partial charge in [-0.15, -0.1) is 0 Å². The van der Waals surface area contributed by atoms with Gasteiger partial charge in [-0.05, 0) is 73.8 Å². The van der Waals surface area contributed by atoms with Gasteiger partial charge in [0.1, 0.15) is 5.75 Å². The van der Waals surface area contributed by atoms with E-state index in [1.807, 2.05) is 7.11 Å². The second-order valence-corrected chi connectivity index (χ2v) is 7.96. The number of halogens is 1. The molecule has 0 unspecified atom stereocenters. The van der Waals surface area contributed by atoms with Crippen LogP contribution in [0.5, 0.6) is 5.75 Å². The predicted octanol–water partition coefficient (Wildman–Crippen LogP) is 4.93. The van der Waals surface area contributed by atoms with Crippen LogP contribution >= 0.6 is 15.9 Å². The molecule has 5 rings (SSSR count). The van der Waals surface area contributed by atoms with Gasteiger partial charge in [0.05, 0.1) is 7.11 Å².